The number of alkyl halides is 5. The number of hydrogen-bond acceptors (Lipinski definition) is 8. The molecule has 4 aromatic rings. The minimum Gasteiger partial charge on any atom is -0.382 e. The van der Waals surface area contributed by atoms with E-state index in [-0.39, 0.29) is 28.6 Å². The van der Waals surface area contributed by atoms with Crippen LogP contribution in [0.3, 0.4) is 0 Å². The summed E-state index contributed by atoms with van der Waals surface area (Å²) >= 11 is 5.90. The molecule has 1 fully saturated rings. The van der Waals surface area contributed by atoms with Gasteiger partial charge in [0.1, 0.15) is 18.9 Å². The number of nitrogens with two attached hydrogens (primary N) is 1. The Kier molecular flexibility index (Phi) is 7.98. The standard InChI is InChI=1S/C25H21ClF5N9O4/c26-14-5-3-13(4-6-14)21-36-39(23(44)37(21)9-17(41)25(29,30)31)10-18-34-12-40(35-18)15-2-1-7-33-19(15)22(43)38-11-24(27,28)8-16(38)20(32)42/h1-7,12,16-17,41H,8-11H2,(H2,32,42)/t16-,17?/m0/s1. The molecule has 4 heterocycles. The van der Waals surface area contributed by atoms with E-state index in [0.29, 0.717) is 14.5 Å². The molecule has 5 rings (SSSR count). The first-order valence-electron chi connectivity index (χ1n) is 12.7. The lowest BCUT2D eigenvalue weighted by atomic mass is 10.1. The summed E-state index contributed by atoms with van der Waals surface area (Å²) in [5, 5.41) is 18.3. The Morgan fingerprint density at radius 2 is 1.84 bits per heavy atom. The minimum atomic E-state index is -5.01. The highest BCUT2D eigenvalue weighted by atomic mass is 35.5. The Labute approximate surface area is 248 Å². The second-order valence-corrected chi connectivity index (χ2v) is 10.3. The second kappa shape index (κ2) is 11.4. The number of nitrogens with zero attached hydrogens (tertiary/aromatic N) is 8. The van der Waals surface area contributed by atoms with Gasteiger partial charge in [0, 0.05) is 23.2 Å². The van der Waals surface area contributed by atoms with E-state index in [2.05, 4.69) is 20.2 Å². The molecule has 3 aromatic heterocycles. The van der Waals surface area contributed by atoms with Gasteiger partial charge < -0.3 is 15.7 Å². The molecule has 3 N–H and O–H groups in total. The summed E-state index contributed by atoms with van der Waals surface area (Å²) in [5.41, 5.74) is 4.10. The maximum atomic E-state index is 14.1. The molecule has 232 valence electrons. The quantitative estimate of drug-likeness (QED) is 0.274. The Morgan fingerprint density at radius 1 is 1.14 bits per heavy atom. The second-order valence-electron chi connectivity index (χ2n) is 9.83. The molecule has 0 saturated carbocycles. The normalized spacial score (nSPS) is 17.2. The van der Waals surface area contributed by atoms with Gasteiger partial charge in [-0.25, -0.2) is 32.9 Å². The van der Waals surface area contributed by atoms with Gasteiger partial charge in [0.15, 0.2) is 23.4 Å². The van der Waals surface area contributed by atoms with Crippen LogP contribution in [0.2, 0.25) is 5.02 Å². The van der Waals surface area contributed by atoms with Crippen LogP contribution in [-0.2, 0) is 17.9 Å². The smallest absolute Gasteiger partial charge is 0.382 e. The maximum absolute atomic E-state index is 14.1. The van der Waals surface area contributed by atoms with Gasteiger partial charge >= 0.3 is 11.9 Å². The van der Waals surface area contributed by atoms with E-state index >= 15 is 0 Å². The van der Waals surface area contributed by atoms with Crippen molar-refractivity contribution in [2.45, 2.75) is 43.8 Å². The number of aliphatic hydroxyl groups is 1. The molecule has 13 nitrogen and oxygen atoms in total. The molecular weight excluding hydrogens is 621 g/mol. The summed E-state index contributed by atoms with van der Waals surface area (Å²) in [4.78, 5) is 46.8. The number of halogens is 6. The SMILES string of the molecule is NC(=O)[C@@H]1CC(F)(F)CN1C(=O)c1ncccc1-n1cnc(Cn2nc(-c3ccc(Cl)cc3)n(CC(O)C(F)(F)F)c2=O)n1. The zero-order valence-corrected chi connectivity index (χ0v) is 23.0. The summed E-state index contributed by atoms with van der Waals surface area (Å²) in [6, 6.07) is 6.98. The summed E-state index contributed by atoms with van der Waals surface area (Å²) < 4.78 is 70.0. The molecule has 0 radical (unpaired) electrons. The van der Waals surface area contributed by atoms with Crippen LogP contribution >= 0.6 is 11.6 Å². The molecule has 2 amide bonds. The number of aromatic nitrogens is 7. The van der Waals surface area contributed by atoms with E-state index in [0.717, 1.165) is 15.7 Å². The fourth-order valence-corrected chi connectivity index (χ4v) is 4.71. The van der Waals surface area contributed by atoms with Crippen molar-refractivity contribution in [3.63, 3.8) is 0 Å². The molecule has 1 aliphatic rings. The number of carbonyl (C=O) groups is 2. The lowest BCUT2D eigenvalue weighted by Crippen LogP contribution is -2.44. The van der Waals surface area contributed by atoms with E-state index < -0.39 is 67.8 Å². The van der Waals surface area contributed by atoms with Crippen molar-refractivity contribution in [3.8, 4) is 17.1 Å². The molecule has 44 heavy (non-hydrogen) atoms. The average Bonchev–Trinajstić information content (AvgIpc) is 3.65. The summed E-state index contributed by atoms with van der Waals surface area (Å²) in [6.07, 6.45) is -6.47. The number of pyridine rings is 1. The van der Waals surface area contributed by atoms with Gasteiger partial charge in [-0.3, -0.25) is 14.2 Å². The minimum absolute atomic E-state index is 0.0114. The number of benzene rings is 1. The predicted molar refractivity (Wildman–Crippen MR) is 141 cm³/mol. The van der Waals surface area contributed by atoms with Gasteiger partial charge in [0.05, 0.1) is 18.8 Å². The monoisotopic (exact) mass is 641 g/mol. The molecular formula is C25H21ClF5N9O4. The van der Waals surface area contributed by atoms with Crippen molar-refractivity contribution in [2.24, 2.45) is 5.73 Å². The van der Waals surface area contributed by atoms with Crippen molar-refractivity contribution in [2.75, 3.05) is 6.54 Å². The van der Waals surface area contributed by atoms with Crippen LogP contribution in [0.5, 0.6) is 0 Å². The number of aliphatic hydroxyl groups excluding tert-OH is 1. The van der Waals surface area contributed by atoms with Crippen molar-refractivity contribution in [1.29, 1.82) is 0 Å². The molecule has 1 aliphatic heterocycles. The molecule has 0 spiro atoms. The third kappa shape index (κ3) is 6.16. The van der Waals surface area contributed by atoms with Crippen molar-refractivity contribution in [1.82, 2.24) is 39.0 Å². The Morgan fingerprint density at radius 3 is 2.50 bits per heavy atom. The van der Waals surface area contributed by atoms with Crippen molar-refractivity contribution in [3.05, 3.63) is 75.9 Å². The zero-order valence-electron chi connectivity index (χ0n) is 22.2. The third-order valence-electron chi connectivity index (χ3n) is 6.68. The average molecular weight is 642 g/mol. The van der Waals surface area contributed by atoms with Crippen LogP contribution in [0.4, 0.5) is 22.0 Å². The summed E-state index contributed by atoms with van der Waals surface area (Å²) in [7, 11) is 0. The number of hydrogen-bond donors (Lipinski definition) is 2. The highest BCUT2D eigenvalue weighted by molar-refractivity contribution is 6.30. The van der Waals surface area contributed by atoms with Crippen LogP contribution in [0.25, 0.3) is 17.1 Å². The Balaban J connectivity index is 1.46. The number of amides is 2. The van der Waals surface area contributed by atoms with Crippen LogP contribution in [0, 0.1) is 0 Å². The number of primary amides is 1. The fourth-order valence-electron chi connectivity index (χ4n) is 4.58. The molecule has 0 aliphatic carbocycles. The van der Waals surface area contributed by atoms with Gasteiger partial charge in [-0.05, 0) is 36.4 Å². The largest absolute Gasteiger partial charge is 0.416 e. The Hall–Kier alpha value is -4.71. The topological polar surface area (TPSA) is 167 Å². The summed E-state index contributed by atoms with van der Waals surface area (Å²) in [5.74, 6) is -5.74. The van der Waals surface area contributed by atoms with Gasteiger partial charge in [0.25, 0.3) is 11.8 Å². The van der Waals surface area contributed by atoms with Gasteiger partial charge in [-0.1, -0.05) is 11.6 Å². The first-order valence-corrected chi connectivity index (χ1v) is 13.0. The maximum Gasteiger partial charge on any atom is 0.416 e. The molecule has 19 heteroatoms. The number of carbonyl (C=O) groups excluding carboxylic acids is 2. The highest BCUT2D eigenvalue weighted by Gasteiger charge is 2.50. The lowest BCUT2D eigenvalue weighted by molar-refractivity contribution is -0.207. The molecule has 1 saturated heterocycles. The lowest BCUT2D eigenvalue weighted by Gasteiger charge is -2.22. The van der Waals surface area contributed by atoms with Gasteiger partial charge in [-0.2, -0.15) is 13.2 Å². The van der Waals surface area contributed by atoms with Crippen LogP contribution < -0.4 is 11.4 Å². The van der Waals surface area contributed by atoms with E-state index in [1.54, 1.807) is 0 Å². The highest BCUT2D eigenvalue weighted by Crippen LogP contribution is 2.33. The molecule has 1 aromatic carbocycles. The number of likely N-dealkylation sites (tertiary alicyclic amines) is 1. The van der Waals surface area contributed by atoms with Crippen LogP contribution in [-0.4, -0.2) is 86.7 Å². The van der Waals surface area contributed by atoms with E-state index in [1.807, 2.05) is 0 Å². The fraction of sp³-hybridized carbons (Fsp3) is 0.320. The first-order chi connectivity index (χ1) is 20.6. The van der Waals surface area contributed by atoms with Gasteiger partial charge in [0.2, 0.25) is 5.91 Å². The van der Waals surface area contributed by atoms with Crippen molar-refractivity contribution >= 4 is 23.4 Å². The Bertz CT molecular complexity index is 1770. The number of rotatable bonds is 8. The molecule has 2 atom stereocenters. The van der Waals surface area contributed by atoms with Crippen LogP contribution in [0.15, 0.2) is 53.7 Å². The first kappa shape index (κ1) is 30.7. The molecule has 1 unspecified atom stereocenters. The van der Waals surface area contributed by atoms with E-state index in [9.17, 15) is 41.4 Å². The predicted octanol–water partition coefficient (Wildman–Crippen LogP) is 1.65. The van der Waals surface area contributed by atoms with Gasteiger partial charge in [-0.15, -0.1) is 10.2 Å². The van der Waals surface area contributed by atoms with E-state index in [4.69, 9.17) is 17.3 Å². The summed E-state index contributed by atoms with van der Waals surface area (Å²) in [6.45, 7) is -2.65. The molecule has 0 bridgehead atoms. The van der Waals surface area contributed by atoms with E-state index in [1.165, 1.54) is 42.6 Å². The third-order valence-corrected chi connectivity index (χ3v) is 6.94. The van der Waals surface area contributed by atoms with Crippen molar-refractivity contribution < 1.29 is 36.6 Å². The zero-order chi connectivity index (χ0) is 32.0. The van der Waals surface area contributed by atoms with Crippen LogP contribution in [0.1, 0.15) is 22.7 Å².